The van der Waals surface area contributed by atoms with Crippen LogP contribution in [0.4, 0.5) is 4.79 Å². The number of hydrogen-bond acceptors (Lipinski definition) is 10. The van der Waals surface area contributed by atoms with Gasteiger partial charge < -0.3 is 19.5 Å². The molecule has 0 radical (unpaired) electrons. The number of carbonyl (C=O) groups excluding carboxylic acids is 1. The molecule has 0 spiro atoms. The van der Waals surface area contributed by atoms with E-state index in [4.69, 9.17) is 14.2 Å². The second kappa shape index (κ2) is 20.1. The molecule has 1 aromatic carbocycles. The number of carbonyl (C=O) groups is 1. The zero-order valence-corrected chi connectivity index (χ0v) is 34.1. The number of benzene rings is 1. The molecule has 3 heterocycles. The van der Waals surface area contributed by atoms with Crippen molar-refractivity contribution in [2.75, 3.05) is 19.8 Å². The van der Waals surface area contributed by atoms with Gasteiger partial charge >= 0.3 is 6.09 Å². The summed E-state index contributed by atoms with van der Waals surface area (Å²) in [6.45, 7) is 18.6. The van der Waals surface area contributed by atoms with Crippen LogP contribution in [0.3, 0.4) is 0 Å². The molecular weight excluding hydrogens is 775 g/mol. The summed E-state index contributed by atoms with van der Waals surface area (Å²) < 4.78 is 24.6. The Morgan fingerprint density at radius 3 is 1.92 bits per heavy atom. The van der Waals surface area contributed by atoms with Crippen molar-refractivity contribution >= 4 is 28.7 Å². The van der Waals surface area contributed by atoms with E-state index in [9.17, 15) is 4.79 Å². The Kier molecular flexibility index (Phi) is 16.0. The van der Waals surface area contributed by atoms with E-state index in [1.165, 1.54) is 3.57 Å². The lowest BCUT2D eigenvalue weighted by atomic mass is 9.79. The Labute approximate surface area is 321 Å². The van der Waals surface area contributed by atoms with Crippen molar-refractivity contribution in [2.45, 2.75) is 119 Å². The molecule has 0 unspecified atom stereocenters. The van der Waals surface area contributed by atoms with Crippen LogP contribution in [0.1, 0.15) is 90.4 Å². The third-order valence-corrected chi connectivity index (χ3v) is 8.93. The molecule has 3 aromatic heterocycles. The molecule has 0 aliphatic carbocycles. The van der Waals surface area contributed by atoms with Crippen LogP contribution >= 0.6 is 22.6 Å². The molecule has 52 heavy (non-hydrogen) atoms. The molecule has 0 aliphatic heterocycles. The zero-order chi connectivity index (χ0) is 37.6. The van der Waals surface area contributed by atoms with Crippen molar-refractivity contribution < 1.29 is 19.0 Å². The molecule has 14 nitrogen and oxygen atoms in total. The van der Waals surface area contributed by atoms with Crippen molar-refractivity contribution in [3.63, 3.8) is 0 Å². The van der Waals surface area contributed by atoms with E-state index in [2.05, 4.69) is 111 Å². The summed E-state index contributed by atoms with van der Waals surface area (Å²) in [6, 6.07) is 8.38. The lowest BCUT2D eigenvalue weighted by Gasteiger charge is -2.32. The van der Waals surface area contributed by atoms with Gasteiger partial charge in [-0.25, -0.2) is 4.79 Å². The maximum absolute atomic E-state index is 11.9. The first kappa shape index (κ1) is 41.3. The standard InChI is InChI=1S/C37H57IN10O4/c1-28(2)13-16-46-21-32(40-43-46)19-37(27-51-24-30-9-11-31(38)12-10-30,20-33-22-47(44-41-33)17-14-29(3)4)26-48-23-34(42-45-48)25-50-18-8-15-39-35(49)52-36(5,6)7/h9-12,21-23,28-29H,8,13-20,24-27H2,1-7H3,(H,39,49). The van der Waals surface area contributed by atoms with Crippen molar-refractivity contribution in [2.24, 2.45) is 17.3 Å². The summed E-state index contributed by atoms with van der Waals surface area (Å²) >= 11 is 2.31. The van der Waals surface area contributed by atoms with Crippen molar-refractivity contribution in [1.82, 2.24) is 50.3 Å². The fourth-order valence-corrected chi connectivity index (χ4v) is 5.94. The average molecular weight is 833 g/mol. The number of hydrogen-bond donors (Lipinski definition) is 1. The zero-order valence-electron chi connectivity index (χ0n) is 31.9. The van der Waals surface area contributed by atoms with Crippen molar-refractivity contribution in [3.05, 3.63) is 69.1 Å². The lowest BCUT2D eigenvalue weighted by molar-refractivity contribution is 0.0192. The fraction of sp³-hybridized carbons (Fsp3) is 0.649. The molecule has 0 bridgehead atoms. The second-order valence-corrected chi connectivity index (χ2v) is 16.8. The summed E-state index contributed by atoms with van der Waals surface area (Å²) in [5.41, 5.74) is 2.56. The monoisotopic (exact) mass is 832 g/mol. The van der Waals surface area contributed by atoms with Gasteiger partial charge in [-0.15, -0.1) is 15.3 Å². The van der Waals surface area contributed by atoms with Gasteiger partial charge in [0.15, 0.2) is 0 Å². The number of nitrogens with zero attached hydrogens (tertiary/aromatic N) is 9. The molecule has 1 N–H and O–H groups in total. The summed E-state index contributed by atoms with van der Waals surface area (Å²) in [6.07, 6.45) is 9.47. The molecule has 286 valence electrons. The van der Waals surface area contributed by atoms with Gasteiger partial charge in [-0.1, -0.05) is 55.5 Å². The molecule has 0 atom stereocenters. The Balaban J connectivity index is 1.50. The third-order valence-electron chi connectivity index (χ3n) is 8.21. The van der Waals surface area contributed by atoms with Gasteiger partial charge in [0.25, 0.3) is 0 Å². The topological polar surface area (TPSA) is 149 Å². The molecule has 4 rings (SSSR count). The number of halogens is 1. The van der Waals surface area contributed by atoms with E-state index in [1.54, 1.807) is 0 Å². The van der Waals surface area contributed by atoms with Gasteiger partial charge in [0.2, 0.25) is 0 Å². The number of rotatable bonds is 22. The molecule has 0 fully saturated rings. The smallest absolute Gasteiger partial charge is 0.407 e. The average Bonchev–Trinajstić information content (AvgIpc) is 3.82. The van der Waals surface area contributed by atoms with E-state index in [1.807, 2.05) is 53.4 Å². The van der Waals surface area contributed by atoms with E-state index >= 15 is 0 Å². The van der Waals surface area contributed by atoms with Crippen LogP contribution in [0.15, 0.2) is 42.9 Å². The highest BCUT2D eigenvalue weighted by Gasteiger charge is 2.35. The van der Waals surface area contributed by atoms with E-state index in [-0.39, 0.29) is 0 Å². The van der Waals surface area contributed by atoms with E-state index in [0.29, 0.717) is 76.3 Å². The van der Waals surface area contributed by atoms with Crippen LogP contribution in [0.25, 0.3) is 0 Å². The SMILES string of the molecule is CC(C)CCn1cc(CC(COCc2ccc(I)cc2)(Cc2cn(CCC(C)C)nn2)Cn2cc(COCCCNC(=O)OC(C)(C)C)nn2)nn1. The Morgan fingerprint density at radius 2 is 1.35 bits per heavy atom. The molecule has 0 saturated heterocycles. The molecule has 4 aromatic rings. The van der Waals surface area contributed by atoms with Gasteiger partial charge in [0, 0.05) is 60.5 Å². The number of alkyl carbamates (subject to hydrolysis) is 1. The number of amides is 1. The summed E-state index contributed by atoms with van der Waals surface area (Å²) in [4.78, 5) is 11.9. The first-order chi connectivity index (χ1) is 24.8. The number of ether oxygens (including phenoxy) is 3. The van der Waals surface area contributed by atoms with Crippen LogP contribution in [0, 0.1) is 20.8 Å². The number of aryl methyl sites for hydroxylation is 2. The van der Waals surface area contributed by atoms with Crippen LogP contribution < -0.4 is 5.32 Å². The highest BCUT2D eigenvalue weighted by Crippen LogP contribution is 2.31. The lowest BCUT2D eigenvalue weighted by Crippen LogP contribution is -2.37. The van der Waals surface area contributed by atoms with Crippen LogP contribution in [0.2, 0.25) is 0 Å². The van der Waals surface area contributed by atoms with Gasteiger partial charge in [-0.2, -0.15) is 0 Å². The number of aromatic nitrogens is 9. The minimum atomic E-state index is -0.533. The van der Waals surface area contributed by atoms with Crippen molar-refractivity contribution in [1.29, 1.82) is 0 Å². The molecule has 0 aliphatic rings. The predicted octanol–water partition coefficient (Wildman–Crippen LogP) is 6.28. The first-order valence-electron chi connectivity index (χ1n) is 18.3. The fourth-order valence-electron chi connectivity index (χ4n) is 5.58. The Bertz CT molecular complexity index is 1580. The normalized spacial score (nSPS) is 12.3. The summed E-state index contributed by atoms with van der Waals surface area (Å²) in [5.74, 6) is 1.14. The highest BCUT2D eigenvalue weighted by molar-refractivity contribution is 14.1. The first-order valence-corrected chi connectivity index (χ1v) is 19.4. The third kappa shape index (κ3) is 15.3. The van der Waals surface area contributed by atoms with Gasteiger partial charge in [0.05, 0.1) is 44.0 Å². The predicted molar refractivity (Wildman–Crippen MR) is 206 cm³/mol. The van der Waals surface area contributed by atoms with Crippen molar-refractivity contribution in [3.8, 4) is 0 Å². The molecule has 1 amide bonds. The van der Waals surface area contributed by atoms with Gasteiger partial charge in [0.1, 0.15) is 11.3 Å². The Morgan fingerprint density at radius 1 is 0.788 bits per heavy atom. The van der Waals surface area contributed by atoms with E-state index in [0.717, 1.165) is 42.9 Å². The Hall–Kier alpha value is -3.44. The minimum absolute atomic E-state index is 0.303. The van der Waals surface area contributed by atoms with Gasteiger partial charge in [-0.05, 0) is 92.2 Å². The van der Waals surface area contributed by atoms with Crippen LogP contribution in [-0.4, -0.2) is 76.4 Å². The molecule has 0 saturated carbocycles. The molecule has 15 heteroatoms. The summed E-state index contributed by atoms with van der Waals surface area (Å²) in [7, 11) is 0. The van der Waals surface area contributed by atoms with Gasteiger partial charge in [-0.3, -0.25) is 14.0 Å². The van der Waals surface area contributed by atoms with Crippen LogP contribution in [0.5, 0.6) is 0 Å². The second-order valence-electron chi connectivity index (χ2n) is 15.5. The highest BCUT2D eigenvalue weighted by atomic mass is 127. The summed E-state index contributed by atoms with van der Waals surface area (Å²) in [5, 5.41) is 29.8. The number of nitrogens with one attached hydrogen (secondary N) is 1. The van der Waals surface area contributed by atoms with Crippen LogP contribution in [-0.2, 0) is 59.9 Å². The maximum Gasteiger partial charge on any atom is 0.407 e. The minimum Gasteiger partial charge on any atom is -0.444 e. The maximum atomic E-state index is 11.9. The van der Waals surface area contributed by atoms with E-state index < -0.39 is 17.1 Å². The largest absolute Gasteiger partial charge is 0.444 e. The molecular formula is C37H57IN10O4. The quantitative estimate of drug-likeness (QED) is 0.0709.